The Balaban J connectivity index is 2.87. The lowest BCUT2D eigenvalue weighted by atomic mass is 10.2. The maximum Gasteiger partial charge on any atom is 0.244 e. The van der Waals surface area contributed by atoms with Gasteiger partial charge in [-0.3, -0.25) is 0 Å². The van der Waals surface area contributed by atoms with Gasteiger partial charge in [-0.15, -0.1) is 0 Å². The van der Waals surface area contributed by atoms with E-state index in [4.69, 9.17) is 4.74 Å². The van der Waals surface area contributed by atoms with Crippen molar-refractivity contribution in [2.75, 3.05) is 41.3 Å². The Morgan fingerprint density at radius 2 is 2.00 bits per heavy atom. The molecular formula is C14H25N3O3S. The van der Waals surface area contributed by atoms with E-state index in [-0.39, 0.29) is 4.90 Å². The third-order valence-electron chi connectivity index (χ3n) is 2.97. The van der Waals surface area contributed by atoms with Gasteiger partial charge in [-0.1, -0.05) is 6.07 Å². The first kappa shape index (κ1) is 17.9. The Morgan fingerprint density at radius 3 is 2.57 bits per heavy atom. The minimum atomic E-state index is -3.56. The second-order valence-corrected chi connectivity index (χ2v) is 6.81. The Labute approximate surface area is 127 Å². The third kappa shape index (κ3) is 5.62. The normalized spacial score (nSPS) is 11.9. The zero-order chi connectivity index (χ0) is 15.9. The highest BCUT2D eigenvalue weighted by Gasteiger charge is 2.19. The molecule has 0 radical (unpaired) electrons. The topological polar surface area (TPSA) is 70.7 Å². The molecule has 7 heteroatoms. The average Bonchev–Trinajstić information content (AvgIpc) is 2.44. The summed E-state index contributed by atoms with van der Waals surface area (Å²) in [6.45, 7) is 1.84. The maximum atomic E-state index is 12.4. The van der Waals surface area contributed by atoms with Gasteiger partial charge in [-0.05, 0) is 51.8 Å². The molecule has 0 heterocycles. The molecule has 1 rings (SSSR count). The number of ether oxygens (including phenoxy) is 1. The van der Waals surface area contributed by atoms with E-state index in [1.54, 1.807) is 12.1 Å². The number of nitrogens with one attached hydrogen (secondary N) is 2. The maximum absolute atomic E-state index is 12.4. The number of benzene rings is 1. The van der Waals surface area contributed by atoms with Crippen molar-refractivity contribution in [3.63, 3.8) is 0 Å². The van der Waals surface area contributed by atoms with Crippen molar-refractivity contribution in [2.24, 2.45) is 0 Å². The van der Waals surface area contributed by atoms with Crippen LogP contribution in [-0.2, 0) is 16.6 Å². The van der Waals surface area contributed by atoms with Crippen LogP contribution in [0.3, 0.4) is 0 Å². The Bertz CT molecular complexity index is 544. The van der Waals surface area contributed by atoms with E-state index in [0.717, 1.165) is 18.5 Å². The van der Waals surface area contributed by atoms with Gasteiger partial charge in [0.05, 0.1) is 7.11 Å². The van der Waals surface area contributed by atoms with E-state index < -0.39 is 10.0 Å². The van der Waals surface area contributed by atoms with Crippen LogP contribution in [0.4, 0.5) is 0 Å². The summed E-state index contributed by atoms with van der Waals surface area (Å²) in [6, 6.07) is 5.17. The number of nitrogens with zero attached hydrogens (tertiary/aromatic N) is 1. The number of sulfonamides is 1. The summed E-state index contributed by atoms with van der Waals surface area (Å²) >= 11 is 0. The Kier molecular flexibility index (Phi) is 7.10. The van der Waals surface area contributed by atoms with Crippen LogP contribution < -0.4 is 14.8 Å². The molecule has 0 fully saturated rings. The molecule has 0 bridgehead atoms. The van der Waals surface area contributed by atoms with E-state index >= 15 is 0 Å². The fraction of sp³-hybridized carbons (Fsp3) is 0.571. The highest BCUT2D eigenvalue weighted by molar-refractivity contribution is 7.89. The van der Waals surface area contributed by atoms with E-state index in [1.807, 2.05) is 32.1 Å². The standard InChI is InChI=1S/C14H25N3O3S/c1-15-11-12-6-7-13(20-4)14(10-12)21(18,19)16-8-5-9-17(2)3/h6-7,10,15-16H,5,8-9,11H2,1-4H3. The Morgan fingerprint density at radius 1 is 1.29 bits per heavy atom. The van der Waals surface area contributed by atoms with Gasteiger partial charge in [0.15, 0.2) is 0 Å². The van der Waals surface area contributed by atoms with E-state index in [0.29, 0.717) is 18.8 Å². The summed E-state index contributed by atoms with van der Waals surface area (Å²) < 4.78 is 32.6. The number of hydrogen-bond acceptors (Lipinski definition) is 5. The molecular weight excluding hydrogens is 290 g/mol. The Hall–Kier alpha value is -1.15. The van der Waals surface area contributed by atoms with Gasteiger partial charge in [-0.2, -0.15) is 0 Å². The number of hydrogen-bond donors (Lipinski definition) is 2. The molecule has 1 aromatic rings. The molecule has 0 unspecified atom stereocenters. The van der Waals surface area contributed by atoms with Gasteiger partial charge in [-0.25, -0.2) is 13.1 Å². The van der Waals surface area contributed by atoms with Crippen LogP contribution in [0.15, 0.2) is 23.1 Å². The summed E-state index contributed by atoms with van der Waals surface area (Å²) in [4.78, 5) is 2.20. The molecule has 0 aliphatic rings. The van der Waals surface area contributed by atoms with Crippen LogP contribution >= 0.6 is 0 Å². The van der Waals surface area contributed by atoms with Crippen LogP contribution in [-0.4, -0.2) is 54.7 Å². The minimum absolute atomic E-state index is 0.183. The minimum Gasteiger partial charge on any atom is -0.495 e. The fourth-order valence-electron chi connectivity index (χ4n) is 1.92. The van der Waals surface area contributed by atoms with Crippen molar-refractivity contribution >= 4 is 10.0 Å². The first-order valence-corrected chi connectivity index (χ1v) is 8.35. The summed E-state index contributed by atoms with van der Waals surface area (Å²) in [7, 11) is 3.64. The third-order valence-corrected chi connectivity index (χ3v) is 4.45. The molecule has 0 saturated carbocycles. The zero-order valence-electron chi connectivity index (χ0n) is 13.1. The van der Waals surface area contributed by atoms with Crippen molar-refractivity contribution in [1.29, 1.82) is 0 Å². The highest BCUT2D eigenvalue weighted by atomic mass is 32.2. The summed E-state index contributed by atoms with van der Waals surface area (Å²) in [5, 5.41) is 3.00. The average molecular weight is 315 g/mol. The van der Waals surface area contributed by atoms with Gasteiger partial charge in [0, 0.05) is 13.1 Å². The molecule has 21 heavy (non-hydrogen) atoms. The summed E-state index contributed by atoms with van der Waals surface area (Å²) in [6.07, 6.45) is 0.755. The van der Waals surface area contributed by atoms with Gasteiger partial charge in [0.25, 0.3) is 0 Å². The summed E-state index contributed by atoms with van der Waals surface area (Å²) in [5.74, 6) is 0.356. The van der Waals surface area contributed by atoms with Gasteiger partial charge in [0.1, 0.15) is 10.6 Å². The first-order chi connectivity index (χ1) is 9.90. The first-order valence-electron chi connectivity index (χ1n) is 6.86. The van der Waals surface area contributed by atoms with Gasteiger partial charge >= 0.3 is 0 Å². The SMILES string of the molecule is CNCc1ccc(OC)c(S(=O)(=O)NCCCN(C)C)c1. The van der Waals surface area contributed by atoms with E-state index in [2.05, 4.69) is 10.0 Å². The van der Waals surface area contributed by atoms with E-state index in [1.165, 1.54) is 7.11 Å². The van der Waals surface area contributed by atoms with Crippen LogP contribution in [0.5, 0.6) is 5.75 Å². The molecule has 6 nitrogen and oxygen atoms in total. The van der Waals surface area contributed by atoms with Crippen molar-refractivity contribution in [3.05, 3.63) is 23.8 Å². The largest absolute Gasteiger partial charge is 0.495 e. The lowest BCUT2D eigenvalue weighted by Gasteiger charge is -2.13. The molecule has 0 spiro atoms. The quantitative estimate of drug-likeness (QED) is 0.655. The van der Waals surface area contributed by atoms with E-state index in [9.17, 15) is 8.42 Å². The molecule has 0 aliphatic carbocycles. The monoisotopic (exact) mass is 315 g/mol. The smallest absolute Gasteiger partial charge is 0.244 e. The summed E-state index contributed by atoms with van der Waals surface area (Å²) in [5.41, 5.74) is 0.895. The fourth-order valence-corrected chi connectivity index (χ4v) is 3.22. The predicted octanol–water partition coefficient (Wildman–Crippen LogP) is 0.645. The van der Waals surface area contributed by atoms with Gasteiger partial charge < -0.3 is 15.0 Å². The molecule has 0 saturated heterocycles. The molecule has 120 valence electrons. The molecule has 0 aromatic heterocycles. The second-order valence-electron chi connectivity index (χ2n) is 5.07. The highest BCUT2D eigenvalue weighted by Crippen LogP contribution is 2.24. The molecule has 1 aromatic carbocycles. The van der Waals surface area contributed by atoms with Crippen molar-refractivity contribution in [2.45, 2.75) is 17.9 Å². The zero-order valence-corrected chi connectivity index (χ0v) is 14.0. The van der Waals surface area contributed by atoms with Gasteiger partial charge in [0.2, 0.25) is 10.0 Å². The number of methoxy groups -OCH3 is 1. The van der Waals surface area contributed by atoms with Crippen LogP contribution in [0.2, 0.25) is 0 Å². The second kappa shape index (κ2) is 8.33. The van der Waals surface area contributed by atoms with Crippen LogP contribution in [0.1, 0.15) is 12.0 Å². The molecule has 0 amide bonds. The van der Waals surface area contributed by atoms with Crippen LogP contribution in [0, 0.1) is 0 Å². The molecule has 2 N–H and O–H groups in total. The number of rotatable bonds is 9. The van der Waals surface area contributed by atoms with Crippen molar-refractivity contribution in [1.82, 2.24) is 14.9 Å². The van der Waals surface area contributed by atoms with Crippen molar-refractivity contribution in [3.8, 4) is 5.75 Å². The molecule has 0 atom stereocenters. The molecule has 0 aliphatic heterocycles. The van der Waals surface area contributed by atoms with Crippen molar-refractivity contribution < 1.29 is 13.2 Å². The van der Waals surface area contributed by atoms with Crippen LogP contribution in [0.25, 0.3) is 0 Å². The predicted molar refractivity (Wildman–Crippen MR) is 84.1 cm³/mol. The lowest BCUT2D eigenvalue weighted by Crippen LogP contribution is -2.27. The lowest BCUT2D eigenvalue weighted by molar-refractivity contribution is 0.397.